The molecule has 7 heteroatoms. The Kier molecular flexibility index (Phi) is 4.04. The summed E-state index contributed by atoms with van der Waals surface area (Å²) < 4.78 is 52.4. The number of rotatable bonds is 5. The first kappa shape index (κ1) is 15.5. The number of benzene rings is 2. The zero-order chi connectivity index (χ0) is 16.4. The lowest BCUT2D eigenvalue weighted by atomic mass is 10.1. The third-order valence-electron chi connectivity index (χ3n) is 3.41. The molecule has 2 aromatic carbocycles. The number of fused-ring (bicyclic) bond motifs is 1. The molecule has 0 bridgehead atoms. The Hall–Kier alpha value is -2.41. The molecule has 0 aliphatic rings. The van der Waals surface area contributed by atoms with Crippen molar-refractivity contribution >= 4 is 26.6 Å². The molecule has 0 saturated carbocycles. The standard InChI is InChI=1S/C16H14F2N2O2S/c17-16(18)9-11-4-3-5-12(8-11)20-23(21,22)15-10-19-14-7-2-1-6-13(14)15/h1-8,10,16,19-20H,9H2. The summed E-state index contributed by atoms with van der Waals surface area (Å²) in [4.78, 5) is 3.02. The average Bonchev–Trinajstić information content (AvgIpc) is 2.91. The maximum absolute atomic E-state index is 12.5. The predicted molar refractivity (Wildman–Crippen MR) is 85.3 cm³/mol. The van der Waals surface area contributed by atoms with Crippen molar-refractivity contribution in [2.45, 2.75) is 17.7 Å². The molecular formula is C16H14F2N2O2S. The largest absolute Gasteiger partial charge is 0.360 e. The van der Waals surface area contributed by atoms with Gasteiger partial charge in [0.15, 0.2) is 0 Å². The fraction of sp³-hybridized carbons (Fsp3) is 0.125. The maximum atomic E-state index is 12.5. The smallest absolute Gasteiger partial charge is 0.264 e. The summed E-state index contributed by atoms with van der Waals surface area (Å²) in [5.41, 5.74) is 1.34. The molecule has 0 aliphatic heterocycles. The normalized spacial score (nSPS) is 12.0. The van der Waals surface area contributed by atoms with E-state index in [4.69, 9.17) is 0 Å². The van der Waals surface area contributed by atoms with Gasteiger partial charge in [-0.2, -0.15) is 0 Å². The Bertz CT molecular complexity index is 936. The van der Waals surface area contributed by atoms with Crippen molar-refractivity contribution in [1.29, 1.82) is 0 Å². The van der Waals surface area contributed by atoms with Gasteiger partial charge < -0.3 is 4.98 Å². The first-order valence-corrected chi connectivity index (χ1v) is 8.40. The molecule has 0 saturated heterocycles. The van der Waals surface area contributed by atoms with Crippen LogP contribution in [0, 0.1) is 0 Å². The lowest BCUT2D eigenvalue weighted by Crippen LogP contribution is -2.12. The van der Waals surface area contributed by atoms with E-state index in [0.29, 0.717) is 16.5 Å². The van der Waals surface area contributed by atoms with Crippen molar-refractivity contribution in [3.05, 3.63) is 60.3 Å². The second-order valence-corrected chi connectivity index (χ2v) is 6.75. The van der Waals surface area contributed by atoms with Crippen LogP contribution in [-0.4, -0.2) is 19.8 Å². The van der Waals surface area contributed by atoms with Gasteiger partial charge in [-0.1, -0.05) is 30.3 Å². The number of aromatic nitrogens is 1. The van der Waals surface area contributed by atoms with Crippen LogP contribution in [0.1, 0.15) is 5.56 Å². The van der Waals surface area contributed by atoms with E-state index in [1.165, 1.54) is 24.4 Å². The van der Waals surface area contributed by atoms with Crippen molar-refractivity contribution in [2.75, 3.05) is 4.72 Å². The van der Waals surface area contributed by atoms with Gasteiger partial charge in [0.2, 0.25) is 6.43 Å². The maximum Gasteiger partial charge on any atom is 0.264 e. The number of sulfonamides is 1. The first-order valence-electron chi connectivity index (χ1n) is 6.92. The van der Waals surface area contributed by atoms with Crippen molar-refractivity contribution < 1.29 is 17.2 Å². The monoisotopic (exact) mass is 336 g/mol. The summed E-state index contributed by atoms with van der Waals surface area (Å²) in [7, 11) is -3.81. The van der Waals surface area contributed by atoms with Gasteiger partial charge in [0.1, 0.15) is 4.90 Å². The summed E-state index contributed by atoms with van der Waals surface area (Å²) in [6, 6.07) is 13.1. The van der Waals surface area contributed by atoms with Crippen LogP contribution in [-0.2, 0) is 16.4 Å². The molecule has 0 atom stereocenters. The number of hydrogen-bond acceptors (Lipinski definition) is 2. The van der Waals surface area contributed by atoms with Crippen molar-refractivity contribution in [2.24, 2.45) is 0 Å². The van der Waals surface area contributed by atoms with Gasteiger partial charge in [0.05, 0.1) is 0 Å². The van der Waals surface area contributed by atoms with Crippen LogP contribution < -0.4 is 4.72 Å². The van der Waals surface area contributed by atoms with E-state index in [0.717, 1.165) is 0 Å². The van der Waals surface area contributed by atoms with E-state index in [-0.39, 0.29) is 10.6 Å². The highest BCUT2D eigenvalue weighted by Crippen LogP contribution is 2.25. The summed E-state index contributed by atoms with van der Waals surface area (Å²) >= 11 is 0. The zero-order valence-corrected chi connectivity index (χ0v) is 12.8. The number of anilines is 1. The van der Waals surface area contributed by atoms with Gasteiger partial charge in [0, 0.05) is 29.2 Å². The highest BCUT2D eigenvalue weighted by atomic mass is 32.2. The van der Waals surface area contributed by atoms with Gasteiger partial charge in [0.25, 0.3) is 10.0 Å². The van der Waals surface area contributed by atoms with Gasteiger partial charge >= 0.3 is 0 Å². The molecule has 4 nitrogen and oxygen atoms in total. The number of para-hydroxylation sites is 1. The van der Waals surface area contributed by atoms with Crippen LogP contribution in [0.15, 0.2) is 59.6 Å². The van der Waals surface area contributed by atoms with Gasteiger partial charge in [-0.15, -0.1) is 0 Å². The SMILES string of the molecule is O=S(=O)(Nc1cccc(CC(F)F)c1)c1c[nH]c2ccccc12. The van der Waals surface area contributed by atoms with E-state index in [9.17, 15) is 17.2 Å². The van der Waals surface area contributed by atoms with Crippen LogP contribution in [0.5, 0.6) is 0 Å². The number of nitrogens with one attached hydrogen (secondary N) is 2. The number of halogens is 2. The molecule has 0 spiro atoms. The highest BCUT2D eigenvalue weighted by molar-refractivity contribution is 7.93. The number of aromatic amines is 1. The molecule has 3 aromatic rings. The molecule has 23 heavy (non-hydrogen) atoms. The Morgan fingerprint density at radius 2 is 1.87 bits per heavy atom. The minimum absolute atomic E-state index is 0.118. The third-order valence-corrected chi connectivity index (χ3v) is 4.83. The van der Waals surface area contributed by atoms with Crippen LogP contribution in [0.4, 0.5) is 14.5 Å². The van der Waals surface area contributed by atoms with E-state index >= 15 is 0 Å². The number of hydrogen-bond donors (Lipinski definition) is 2. The van der Waals surface area contributed by atoms with Crippen molar-refractivity contribution in [1.82, 2.24) is 4.98 Å². The Morgan fingerprint density at radius 1 is 1.09 bits per heavy atom. The van der Waals surface area contributed by atoms with E-state index in [1.807, 2.05) is 0 Å². The summed E-state index contributed by atoms with van der Waals surface area (Å²) in [6.07, 6.45) is -1.48. The Labute approximate surface area is 132 Å². The fourth-order valence-electron chi connectivity index (χ4n) is 2.42. The Morgan fingerprint density at radius 3 is 2.65 bits per heavy atom. The van der Waals surface area contributed by atoms with Crippen LogP contribution >= 0.6 is 0 Å². The molecule has 0 fully saturated rings. The minimum atomic E-state index is -3.81. The minimum Gasteiger partial charge on any atom is -0.360 e. The Balaban J connectivity index is 1.92. The molecule has 120 valence electrons. The summed E-state index contributed by atoms with van der Waals surface area (Å²) in [5, 5.41) is 0.573. The molecule has 1 aromatic heterocycles. The van der Waals surface area contributed by atoms with Crippen LogP contribution in [0.2, 0.25) is 0 Å². The molecule has 3 rings (SSSR count). The summed E-state index contributed by atoms with van der Waals surface area (Å²) in [6.45, 7) is 0. The summed E-state index contributed by atoms with van der Waals surface area (Å²) in [5.74, 6) is 0. The molecular weight excluding hydrogens is 322 g/mol. The molecule has 0 amide bonds. The molecule has 0 aliphatic carbocycles. The van der Waals surface area contributed by atoms with Gasteiger partial charge in [-0.05, 0) is 23.8 Å². The van der Waals surface area contributed by atoms with Gasteiger partial charge in [-0.25, -0.2) is 17.2 Å². The van der Waals surface area contributed by atoms with Crippen molar-refractivity contribution in [3.63, 3.8) is 0 Å². The third kappa shape index (κ3) is 3.34. The molecule has 1 heterocycles. The lowest BCUT2D eigenvalue weighted by molar-refractivity contribution is 0.149. The predicted octanol–water partition coefficient (Wildman–Crippen LogP) is 3.78. The number of H-pyrrole nitrogens is 1. The number of alkyl halides is 2. The zero-order valence-electron chi connectivity index (χ0n) is 12.0. The molecule has 2 N–H and O–H groups in total. The van der Waals surface area contributed by atoms with Gasteiger partial charge in [-0.3, -0.25) is 4.72 Å². The lowest BCUT2D eigenvalue weighted by Gasteiger charge is -2.09. The molecule has 0 radical (unpaired) electrons. The van der Waals surface area contributed by atoms with Crippen LogP contribution in [0.3, 0.4) is 0 Å². The highest BCUT2D eigenvalue weighted by Gasteiger charge is 2.19. The average molecular weight is 336 g/mol. The van der Waals surface area contributed by atoms with Crippen molar-refractivity contribution in [3.8, 4) is 0 Å². The molecule has 0 unspecified atom stereocenters. The quantitative estimate of drug-likeness (QED) is 0.745. The second-order valence-electron chi connectivity index (χ2n) is 5.10. The van der Waals surface area contributed by atoms with Crippen LogP contribution in [0.25, 0.3) is 10.9 Å². The second kappa shape index (κ2) is 6.00. The van der Waals surface area contributed by atoms with E-state index in [2.05, 4.69) is 9.71 Å². The van der Waals surface area contributed by atoms with E-state index in [1.54, 1.807) is 30.3 Å². The van der Waals surface area contributed by atoms with E-state index < -0.39 is 22.9 Å². The first-order chi connectivity index (χ1) is 11.0. The topological polar surface area (TPSA) is 62.0 Å². The fourth-order valence-corrected chi connectivity index (χ4v) is 3.65.